The summed E-state index contributed by atoms with van der Waals surface area (Å²) in [6, 6.07) is 8.02. The summed E-state index contributed by atoms with van der Waals surface area (Å²) in [6.45, 7) is 4.92. The molecule has 1 aromatic carbocycles. The molecule has 1 unspecified atom stereocenters. The Morgan fingerprint density at radius 2 is 2.19 bits per heavy atom. The van der Waals surface area contributed by atoms with Crippen LogP contribution in [0.4, 0.5) is 11.8 Å². The van der Waals surface area contributed by atoms with E-state index in [0.29, 0.717) is 5.95 Å². The minimum absolute atomic E-state index is 0.143. The number of hydrogen-bond acceptors (Lipinski definition) is 4. The fourth-order valence-electron chi connectivity index (χ4n) is 2.02. The van der Waals surface area contributed by atoms with Gasteiger partial charge in [0.15, 0.2) is 0 Å². The van der Waals surface area contributed by atoms with E-state index in [0.717, 1.165) is 27.4 Å². The molecule has 21 heavy (non-hydrogen) atoms. The highest BCUT2D eigenvalue weighted by atomic mass is 79.9. The molecule has 0 aliphatic rings. The Balaban J connectivity index is 2.30. The fraction of sp³-hybridized carbons (Fsp3) is 0.333. The van der Waals surface area contributed by atoms with Crippen LogP contribution in [0.15, 0.2) is 34.9 Å². The molecule has 6 heteroatoms. The Morgan fingerprint density at radius 3 is 2.86 bits per heavy atom. The van der Waals surface area contributed by atoms with Crippen LogP contribution in [-0.2, 0) is 0 Å². The minimum atomic E-state index is 0.143. The maximum atomic E-state index is 6.07. The summed E-state index contributed by atoms with van der Waals surface area (Å²) >= 11 is 9.59. The molecule has 0 aliphatic heterocycles. The van der Waals surface area contributed by atoms with Crippen LogP contribution in [-0.4, -0.2) is 23.6 Å². The first kappa shape index (κ1) is 16.0. The molecular weight excluding hydrogens is 352 g/mol. The van der Waals surface area contributed by atoms with Crippen molar-refractivity contribution in [2.75, 3.05) is 23.8 Å². The van der Waals surface area contributed by atoms with E-state index in [1.165, 1.54) is 0 Å². The van der Waals surface area contributed by atoms with Crippen molar-refractivity contribution in [2.24, 2.45) is 0 Å². The van der Waals surface area contributed by atoms with E-state index in [1.54, 1.807) is 6.20 Å². The summed E-state index contributed by atoms with van der Waals surface area (Å²) < 4.78 is 0.862. The average Bonchev–Trinajstić information content (AvgIpc) is 2.48. The lowest BCUT2D eigenvalue weighted by atomic mass is 10.1. The number of rotatable bonds is 5. The van der Waals surface area contributed by atoms with Crippen LogP contribution < -0.4 is 10.2 Å². The summed E-state index contributed by atoms with van der Waals surface area (Å²) in [7, 11) is 2.01. The number of halogens is 2. The molecule has 1 heterocycles. The number of nitrogens with zero attached hydrogens (tertiary/aromatic N) is 3. The van der Waals surface area contributed by atoms with E-state index < -0.39 is 0 Å². The predicted molar refractivity (Wildman–Crippen MR) is 92.2 cm³/mol. The standard InChI is InChI=1S/C15H18BrClN4/c1-4-18-15-19-9-13(16)14(20-15)21(3)10(2)11-6-5-7-12(17)8-11/h5-10H,4H2,1-3H3,(H,18,19,20). The second-order valence-electron chi connectivity index (χ2n) is 4.74. The lowest BCUT2D eigenvalue weighted by molar-refractivity contribution is 0.725. The van der Waals surface area contributed by atoms with E-state index >= 15 is 0 Å². The van der Waals surface area contributed by atoms with Crippen molar-refractivity contribution in [1.29, 1.82) is 0 Å². The lowest BCUT2D eigenvalue weighted by Gasteiger charge is -2.27. The van der Waals surface area contributed by atoms with Gasteiger partial charge in [0.25, 0.3) is 0 Å². The molecule has 0 fully saturated rings. The van der Waals surface area contributed by atoms with Crippen LogP contribution in [0.5, 0.6) is 0 Å². The van der Waals surface area contributed by atoms with Crippen molar-refractivity contribution in [3.63, 3.8) is 0 Å². The fourth-order valence-corrected chi connectivity index (χ4v) is 2.69. The summed E-state index contributed by atoms with van der Waals surface area (Å²) in [6.07, 6.45) is 1.77. The van der Waals surface area contributed by atoms with Crippen LogP contribution >= 0.6 is 27.5 Å². The van der Waals surface area contributed by atoms with E-state index in [2.05, 4.69) is 49.1 Å². The van der Waals surface area contributed by atoms with Crippen molar-refractivity contribution < 1.29 is 0 Å². The zero-order chi connectivity index (χ0) is 15.4. The van der Waals surface area contributed by atoms with Crippen molar-refractivity contribution in [2.45, 2.75) is 19.9 Å². The summed E-state index contributed by atoms with van der Waals surface area (Å²) in [5.41, 5.74) is 1.14. The molecular formula is C15H18BrClN4. The van der Waals surface area contributed by atoms with Crippen molar-refractivity contribution in [3.05, 3.63) is 45.5 Å². The van der Waals surface area contributed by atoms with Crippen molar-refractivity contribution in [1.82, 2.24) is 9.97 Å². The van der Waals surface area contributed by atoms with Crippen LogP contribution in [0.1, 0.15) is 25.5 Å². The maximum absolute atomic E-state index is 6.07. The molecule has 0 saturated carbocycles. The molecule has 0 amide bonds. The second-order valence-corrected chi connectivity index (χ2v) is 6.03. The Bertz CT molecular complexity index is 620. The van der Waals surface area contributed by atoms with Crippen LogP contribution in [0.2, 0.25) is 5.02 Å². The number of benzene rings is 1. The van der Waals surface area contributed by atoms with Gasteiger partial charge in [-0.15, -0.1) is 0 Å². The molecule has 4 nitrogen and oxygen atoms in total. The molecule has 1 N–H and O–H groups in total. The van der Waals surface area contributed by atoms with Gasteiger partial charge in [-0.2, -0.15) is 4.98 Å². The summed E-state index contributed by atoms with van der Waals surface area (Å²) in [5.74, 6) is 1.47. The Morgan fingerprint density at radius 1 is 1.43 bits per heavy atom. The molecule has 0 radical (unpaired) electrons. The topological polar surface area (TPSA) is 41.1 Å². The largest absolute Gasteiger partial charge is 0.354 e. The van der Waals surface area contributed by atoms with Gasteiger partial charge in [-0.05, 0) is 47.5 Å². The number of anilines is 2. The van der Waals surface area contributed by atoms with Crippen molar-refractivity contribution in [3.8, 4) is 0 Å². The monoisotopic (exact) mass is 368 g/mol. The average molecular weight is 370 g/mol. The lowest BCUT2D eigenvalue weighted by Crippen LogP contribution is -2.23. The SMILES string of the molecule is CCNc1ncc(Br)c(N(C)C(C)c2cccc(Cl)c2)n1. The third-order valence-corrected chi connectivity index (χ3v) is 4.10. The molecule has 0 saturated heterocycles. The van der Waals surface area contributed by atoms with E-state index in [-0.39, 0.29) is 6.04 Å². The molecule has 112 valence electrons. The first-order chi connectivity index (χ1) is 10.0. The molecule has 0 aliphatic carbocycles. The quantitative estimate of drug-likeness (QED) is 0.841. The molecule has 0 spiro atoms. The van der Waals surface area contributed by atoms with Crippen LogP contribution in [0.3, 0.4) is 0 Å². The van der Waals surface area contributed by atoms with Gasteiger partial charge in [0.1, 0.15) is 5.82 Å². The van der Waals surface area contributed by atoms with Gasteiger partial charge in [0.05, 0.1) is 10.5 Å². The van der Waals surface area contributed by atoms with Gasteiger partial charge in [0.2, 0.25) is 5.95 Å². The Kier molecular flexibility index (Phi) is 5.42. The number of aromatic nitrogens is 2. The number of nitrogens with one attached hydrogen (secondary N) is 1. The van der Waals surface area contributed by atoms with E-state index in [1.807, 2.05) is 32.2 Å². The summed E-state index contributed by atoms with van der Waals surface area (Å²) in [5, 5.41) is 3.87. The van der Waals surface area contributed by atoms with Crippen molar-refractivity contribution >= 4 is 39.3 Å². The Labute approximate surface area is 138 Å². The zero-order valence-corrected chi connectivity index (χ0v) is 14.6. The normalized spacial score (nSPS) is 12.0. The maximum Gasteiger partial charge on any atom is 0.224 e. The van der Waals surface area contributed by atoms with Gasteiger partial charge in [-0.3, -0.25) is 0 Å². The van der Waals surface area contributed by atoms with Gasteiger partial charge in [-0.25, -0.2) is 4.98 Å². The molecule has 2 rings (SSSR count). The first-order valence-electron chi connectivity index (χ1n) is 6.77. The third kappa shape index (κ3) is 3.86. The first-order valence-corrected chi connectivity index (χ1v) is 7.94. The highest BCUT2D eigenvalue weighted by Crippen LogP contribution is 2.30. The highest BCUT2D eigenvalue weighted by molar-refractivity contribution is 9.10. The molecule has 1 aromatic heterocycles. The zero-order valence-electron chi connectivity index (χ0n) is 12.3. The van der Waals surface area contributed by atoms with Crippen LogP contribution in [0, 0.1) is 0 Å². The highest BCUT2D eigenvalue weighted by Gasteiger charge is 2.17. The number of hydrogen-bond donors (Lipinski definition) is 1. The minimum Gasteiger partial charge on any atom is -0.354 e. The van der Waals surface area contributed by atoms with Gasteiger partial charge < -0.3 is 10.2 Å². The predicted octanol–water partition coefficient (Wildman–Crippen LogP) is 4.52. The summed E-state index contributed by atoms with van der Waals surface area (Å²) in [4.78, 5) is 10.9. The van der Waals surface area contributed by atoms with E-state index in [4.69, 9.17) is 11.6 Å². The van der Waals surface area contributed by atoms with Crippen LogP contribution in [0.25, 0.3) is 0 Å². The van der Waals surface area contributed by atoms with E-state index in [9.17, 15) is 0 Å². The van der Waals surface area contributed by atoms with Gasteiger partial charge in [0, 0.05) is 24.8 Å². The third-order valence-electron chi connectivity index (χ3n) is 3.31. The second kappa shape index (κ2) is 7.09. The Hall–Kier alpha value is -1.33. The van der Waals surface area contributed by atoms with Gasteiger partial charge in [-0.1, -0.05) is 23.7 Å². The van der Waals surface area contributed by atoms with Gasteiger partial charge >= 0.3 is 0 Å². The molecule has 1 atom stereocenters. The molecule has 0 bridgehead atoms. The smallest absolute Gasteiger partial charge is 0.224 e. The molecule has 2 aromatic rings.